The average molecular weight is 312 g/mol. The van der Waals surface area contributed by atoms with Gasteiger partial charge < -0.3 is 5.32 Å². The van der Waals surface area contributed by atoms with Crippen LogP contribution in [0.1, 0.15) is 0 Å². The molecule has 1 aliphatic heterocycles. The first-order valence-corrected chi connectivity index (χ1v) is 7.72. The summed E-state index contributed by atoms with van der Waals surface area (Å²) in [5.41, 5.74) is -0.115. The zero-order valence-corrected chi connectivity index (χ0v) is 10.9. The van der Waals surface area contributed by atoms with Crippen molar-refractivity contribution in [1.29, 1.82) is 0 Å². The lowest BCUT2D eigenvalue weighted by Gasteiger charge is -2.19. The third kappa shape index (κ3) is 2.14. The second-order valence-corrected chi connectivity index (χ2v) is 6.97. The van der Waals surface area contributed by atoms with Gasteiger partial charge in [0.15, 0.2) is 0 Å². The number of hydrogen-bond donors (Lipinski definition) is 3. The first-order valence-electron chi connectivity index (χ1n) is 4.31. The number of hydrogen-bond acceptors (Lipinski definition) is 5. The molecule has 2 rings (SSSR count). The van der Waals surface area contributed by atoms with Crippen LogP contribution in [0.15, 0.2) is 21.9 Å². The number of primary sulfonamides is 1. The van der Waals surface area contributed by atoms with Gasteiger partial charge in [-0.15, -0.1) is 0 Å². The molecule has 1 aromatic rings. The Kier molecular flexibility index (Phi) is 2.77. The second-order valence-electron chi connectivity index (χ2n) is 3.38. The molecule has 0 bridgehead atoms. The van der Waals surface area contributed by atoms with Crippen LogP contribution in [-0.2, 0) is 20.0 Å². The number of carbonyl (C=O) groups is 1. The second kappa shape index (κ2) is 3.82. The fourth-order valence-electron chi connectivity index (χ4n) is 1.40. The van der Waals surface area contributed by atoms with E-state index in [1.165, 1.54) is 0 Å². The van der Waals surface area contributed by atoms with Crippen molar-refractivity contribution in [3.63, 3.8) is 0 Å². The standard InChI is InChI=1S/C7H6ClN3O5S2/c8-3-1-4-6(2-5(3)17(9,13)14)18(15,16)11-7(12)10-4/h1-2H,(H2,9,13,14)(H2,10,11,12). The molecular weight excluding hydrogens is 306 g/mol. The summed E-state index contributed by atoms with van der Waals surface area (Å²) in [5.74, 6) is 0. The number of urea groups is 1. The van der Waals surface area contributed by atoms with Crippen LogP contribution in [0.4, 0.5) is 10.5 Å². The highest BCUT2D eigenvalue weighted by atomic mass is 35.5. The molecule has 0 atom stereocenters. The van der Waals surface area contributed by atoms with Gasteiger partial charge in [-0.25, -0.2) is 31.5 Å². The summed E-state index contributed by atoms with van der Waals surface area (Å²) >= 11 is 5.66. The van der Waals surface area contributed by atoms with Gasteiger partial charge in [0.25, 0.3) is 10.0 Å². The van der Waals surface area contributed by atoms with Gasteiger partial charge in [-0.3, -0.25) is 0 Å². The Morgan fingerprint density at radius 3 is 2.44 bits per heavy atom. The number of carbonyl (C=O) groups excluding carboxylic acids is 1. The van der Waals surface area contributed by atoms with Crippen molar-refractivity contribution in [2.45, 2.75) is 9.79 Å². The fourth-order valence-corrected chi connectivity index (χ4v) is 3.65. The van der Waals surface area contributed by atoms with Crippen molar-refractivity contribution in [2.24, 2.45) is 5.14 Å². The van der Waals surface area contributed by atoms with Crippen LogP contribution in [0.2, 0.25) is 5.02 Å². The number of sulfonamides is 2. The predicted molar refractivity (Wildman–Crippen MR) is 62.2 cm³/mol. The molecule has 0 saturated heterocycles. The van der Waals surface area contributed by atoms with E-state index in [0.717, 1.165) is 12.1 Å². The van der Waals surface area contributed by atoms with Gasteiger partial charge in [-0.1, -0.05) is 11.6 Å². The molecule has 4 N–H and O–H groups in total. The summed E-state index contributed by atoms with van der Waals surface area (Å²) < 4.78 is 47.3. The maximum Gasteiger partial charge on any atom is 0.333 e. The van der Waals surface area contributed by atoms with Crippen molar-refractivity contribution in [2.75, 3.05) is 5.32 Å². The lowest BCUT2D eigenvalue weighted by atomic mass is 10.3. The summed E-state index contributed by atoms with van der Waals surface area (Å²) in [6.07, 6.45) is 0. The number of nitrogens with one attached hydrogen (secondary N) is 2. The average Bonchev–Trinajstić information content (AvgIpc) is 2.12. The molecule has 1 heterocycles. The molecule has 0 unspecified atom stereocenters. The van der Waals surface area contributed by atoms with Crippen molar-refractivity contribution >= 4 is 43.4 Å². The van der Waals surface area contributed by atoms with E-state index < -0.39 is 35.9 Å². The van der Waals surface area contributed by atoms with E-state index in [9.17, 15) is 21.6 Å². The molecule has 11 heteroatoms. The quantitative estimate of drug-likeness (QED) is 0.660. The molecule has 0 radical (unpaired) electrons. The molecule has 0 saturated carbocycles. The Balaban J connectivity index is 2.81. The highest BCUT2D eigenvalue weighted by Crippen LogP contribution is 2.32. The topological polar surface area (TPSA) is 135 Å². The third-order valence-electron chi connectivity index (χ3n) is 2.11. The van der Waals surface area contributed by atoms with Crippen molar-refractivity contribution in [3.8, 4) is 0 Å². The van der Waals surface area contributed by atoms with E-state index in [1.54, 1.807) is 4.72 Å². The number of halogens is 1. The van der Waals surface area contributed by atoms with Gasteiger partial charge >= 0.3 is 6.03 Å². The minimum atomic E-state index is -4.17. The zero-order chi connectivity index (χ0) is 13.7. The van der Waals surface area contributed by atoms with Crippen LogP contribution in [0, 0.1) is 0 Å². The summed E-state index contributed by atoms with van der Waals surface area (Å²) in [4.78, 5) is 10.1. The zero-order valence-electron chi connectivity index (χ0n) is 8.47. The minimum Gasteiger partial charge on any atom is -0.306 e. The molecule has 18 heavy (non-hydrogen) atoms. The molecule has 98 valence electrons. The van der Waals surface area contributed by atoms with Crippen LogP contribution in [-0.4, -0.2) is 22.9 Å². The monoisotopic (exact) mass is 311 g/mol. The highest BCUT2D eigenvalue weighted by Gasteiger charge is 2.30. The van der Waals surface area contributed by atoms with Crippen LogP contribution < -0.4 is 15.2 Å². The van der Waals surface area contributed by atoms with Crippen molar-refractivity contribution in [3.05, 3.63) is 17.2 Å². The maximum absolute atomic E-state index is 11.6. The number of amides is 2. The van der Waals surface area contributed by atoms with E-state index in [4.69, 9.17) is 16.7 Å². The molecular formula is C7H6ClN3O5S2. The molecule has 1 aliphatic rings. The van der Waals surface area contributed by atoms with E-state index >= 15 is 0 Å². The Labute approximate surface area is 107 Å². The van der Waals surface area contributed by atoms with Gasteiger partial charge in [-0.2, -0.15) is 0 Å². The Morgan fingerprint density at radius 2 is 1.89 bits per heavy atom. The number of fused-ring (bicyclic) bond motifs is 1. The van der Waals surface area contributed by atoms with Crippen LogP contribution in [0.5, 0.6) is 0 Å². The molecule has 1 aromatic carbocycles. The van der Waals surface area contributed by atoms with Crippen LogP contribution in [0.25, 0.3) is 0 Å². The highest BCUT2D eigenvalue weighted by molar-refractivity contribution is 7.90. The molecule has 0 spiro atoms. The summed E-state index contributed by atoms with van der Waals surface area (Å²) in [6.45, 7) is 0. The van der Waals surface area contributed by atoms with Crippen molar-refractivity contribution in [1.82, 2.24) is 4.72 Å². The lowest BCUT2D eigenvalue weighted by Crippen LogP contribution is -2.39. The van der Waals surface area contributed by atoms with E-state index in [2.05, 4.69) is 5.32 Å². The summed E-state index contributed by atoms with van der Waals surface area (Å²) in [5, 5.41) is 6.79. The van der Waals surface area contributed by atoms with Gasteiger partial charge in [0.05, 0.1) is 10.7 Å². The fraction of sp³-hybridized carbons (Fsp3) is 0. The molecule has 0 aromatic heterocycles. The summed E-state index contributed by atoms with van der Waals surface area (Å²) in [7, 11) is -8.30. The number of nitrogens with two attached hydrogens (primary N) is 1. The van der Waals surface area contributed by atoms with Gasteiger partial charge in [0, 0.05) is 0 Å². The van der Waals surface area contributed by atoms with E-state index in [-0.39, 0.29) is 10.7 Å². The van der Waals surface area contributed by atoms with Crippen LogP contribution in [0.3, 0.4) is 0 Å². The summed E-state index contributed by atoms with van der Waals surface area (Å²) in [6, 6.07) is 0.837. The Hall–Kier alpha value is -1.36. The molecule has 2 amide bonds. The van der Waals surface area contributed by atoms with Crippen molar-refractivity contribution < 1.29 is 21.6 Å². The molecule has 8 nitrogen and oxygen atoms in total. The number of anilines is 1. The Morgan fingerprint density at radius 1 is 1.28 bits per heavy atom. The molecule has 0 aliphatic carbocycles. The molecule has 0 fully saturated rings. The van der Waals surface area contributed by atoms with Gasteiger partial charge in [0.2, 0.25) is 10.0 Å². The van der Waals surface area contributed by atoms with Gasteiger partial charge in [0.1, 0.15) is 9.79 Å². The SMILES string of the molecule is NS(=O)(=O)c1cc2c(cc1Cl)NC(=O)NS2(=O)=O. The maximum atomic E-state index is 11.6. The van der Waals surface area contributed by atoms with Crippen LogP contribution >= 0.6 is 11.6 Å². The number of rotatable bonds is 1. The largest absolute Gasteiger partial charge is 0.333 e. The third-order valence-corrected chi connectivity index (χ3v) is 4.85. The lowest BCUT2D eigenvalue weighted by molar-refractivity contribution is 0.256. The number of benzene rings is 1. The van der Waals surface area contributed by atoms with E-state index in [1.807, 2.05) is 0 Å². The smallest absolute Gasteiger partial charge is 0.306 e. The predicted octanol–water partition coefficient (Wildman–Crippen LogP) is -0.189. The first-order chi connectivity index (χ1) is 8.11. The Bertz CT molecular complexity index is 756. The van der Waals surface area contributed by atoms with E-state index in [0.29, 0.717) is 0 Å². The normalized spacial score (nSPS) is 17.6. The minimum absolute atomic E-state index is 0.115. The van der Waals surface area contributed by atoms with Gasteiger partial charge in [-0.05, 0) is 12.1 Å². The first kappa shape index (κ1) is 13.1.